The predicted octanol–water partition coefficient (Wildman–Crippen LogP) is 3.15. The van der Waals surface area contributed by atoms with Crippen LogP contribution in [0.1, 0.15) is 33.6 Å². The van der Waals surface area contributed by atoms with Crippen molar-refractivity contribution in [2.45, 2.75) is 39.2 Å². The number of carbonyl (C=O) groups is 2. The molecule has 0 saturated carbocycles. The topological polar surface area (TPSA) is 87.3 Å². The first-order chi connectivity index (χ1) is 11.8. The molecular weight excluding hydrogens is 320 g/mol. The summed E-state index contributed by atoms with van der Waals surface area (Å²) in [5.74, 6) is -0.314. The van der Waals surface area contributed by atoms with E-state index >= 15 is 0 Å². The standard InChI is InChI=1S/C18H24N4O3/c1-18(2,3)25-17(24)22-8-4-5-13(11-22)16(23)20-14-7-6-12-10-19-21-15(12)9-14/h6-7,9-10,13H,4-5,8,11H2,1-3H3,(H,19,21)(H,20,23). The predicted molar refractivity (Wildman–Crippen MR) is 95.3 cm³/mol. The third-order valence-electron chi connectivity index (χ3n) is 4.15. The summed E-state index contributed by atoms with van der Waals surface area (Å²) in [6.07, 6.45) is 2.93. The van der Waals surface area contributed by atoms with Gasteiger partial charge in [0.1, 0.15) is 5.60 Å². The lowest BCUT2D eigenvalue weighted by molar-refractivity contribution is -0.121. The van der Waals surface area contributed by atoms with Crippen molar-refractivity contribution in [3.8, 4) is 0 Å². The minimum Gasteiger partial charge on any atom is -0.444 e. The van der Waals surface area contributed by atoms with Gasteiger partial charge in [0.05, 0.1) is 17.6 Å². The van der Waals surface area contributed by atoms with Crippen LogP contribution in [0.5, 0.6) is 0 Å². The summed E-state index contributed by atoms with van der Waals surface area (Å²) in [6.45, 7) is 6.52. The van der Waals surface area contributed by atoms with Gasteiger partial charge in [0.2, 0.25) is 5.91 Å². The zero-order chi connectivity index (χ0) is 18.0. The molecule has 2 amide bonds. The summed E-state index contributed by atoms with van der Waals surface area (Å²) in [4.78, 5) is 26.4. The van der Waals surface area contributed by atoms with Crippen molar-refractivity contribution >= 4 is 28.6 Å². The van der Waals surface area contributed by atoms with E-state index < -0.39 is 5.60 Å². The molecule has 3 rings (SSSR count). The molecule has 1 aromatic carbocycles. The maximum atomic E-state index is 12.6. The molecule has 7 nitrogen and oxygen atoms in total. The van der Waals surface area contributed by atoms with Crippen LogP contribution in [-0.4, -0.2) is 45.8 Å². The molecule has 1 aliphatic heterocycles. The fourth-order valence-electron chi connectivity index (χ4n) is 2.94. The maximum absolute atomic E-state index is 12.6. The van der Waals surface area contributed by atoms with E-state index in [9.17, 15) is 9.59 Å². The van der Waals surface area contributed by atoms with Crippen molar-refractivity contribution in [3.05, 3.63) is 24.4 Å². The van der Waals surface area contributed by atoms with Gasteiger partial charge in [-0.05, 0) is 51.8 Å². The Bertz CT molecular complexity index is 778. The highest BCUT2D eigenvalue weighted by atomic mass is 16.6. The smallest absolute Gasteiger partial charge is 0.410 e. The maximum Gasteiger partial charge on any atom is 0.410 e. The van der Waals surface area contributed by atoms with Crippen LogP contribution in [0.25, 0.3) is 10.9 Å². The Kier molecular flexibility index (Phi) is 4.65. The minimum absolute atomic E-state index is 0.0767. The van der Waals surface area contributed by atoms with Crippen LogP contribution < -0.4 is 5.32 Å². The fraction of sp³-hybridized carbons (Fsp3) is 0.500. The molecule has 0 aliphatic carbocycles. The van der Waals surface area contributed by atoms with Crippen molar-refractivity contribution in [1.82, 2.24) is 15.1 Å². The number of amides is 2. The van der Waals surface area contributed by atoms with E-state index in [-0.39, 0.29) is 17.9 Å². The molecule has 2 aromatic rings. The number of piperidine rings is 1. The van der Waals surface area contributed by atoms with Crippen molar-refractivity contribution in [2.24, 2.45) is 5.92 Å². The van der Waals surface area contributed by atoms with Gasteiger partial charge < -0.3 is 15.0 Å². The minimum atomic E-state index is -0.536. The molecule has 2 heterocycles. The summed E-state index contributed by atoms with van der Waals surface area (Å²) < 4.78 is 5.41. The number of benzene rings is 1. The number of anilines is 1. The normalized spacial score (nSPS) is 18.2. The number of rotatable bonds is 2. The van der Waals surface area contributed by atoms with E-state index in [4.69, 9.17) is 4.74 Å². The number of nitrogens with one attached hydrogen (secondary N) is 2. The van der Waals surface area contributed by atoms with Crippen molar-refractivity contribution in [3.63, 3.8) is 0 Å². The van der Waals surface area contributed by atoms with Crippen LogP contribution in [-0.2, 0) is 9.53 Å². The molecule has 1 atom stereocenters. The quantitative estimate of drug-likeness (QED) is 0.876. The van der Waals surface area contributed by atoms with Crippen LogP contribution >= 0.6 is 0 Å². The largest absolute Gasteiger partial charge is 0.444 e. The van der Waals surface area contributed by atoms with Crippen LogP contribution in [0.2, 0.25) is 0 Å². The molecule has 1 unspecified atom stereocenters. The van der Waals surface area contributed by atoms with Crippen LogP contribution in [0.15, 0.2) is 24.4 Å². The molecule has 25 heavy (non-hydrogen) atoms. The first-order valence-corrected chi connectivity index (χ1v) is 8.54. The Balaban J connectivity index is 1.62. The fourth-order valence-corrected chi connectivity index (χ4v) is 2.94. The van der Waals surface area contributed by atoms with Gasteiger partial charge in [-0.3, -0.25) is 9.89 Å². The van der Waals surface area contributed by atoms with Crippen LogP contribution in [0.4, 0.5) is 10.5 Å². The first-order valence-electron chi connectivity index (χ1n) is 8.54. The molecule has 2 N–H and O–H groups in total. The highest BCUT2D eigenvalue weighted by molar-refractivity contribution is 5.95. The molecule has 0 spiro atoms. The van der Waals surface area contributed by atoms with E-state index in [1.807, 2.05) is 39.0 Å². The van der Waals surface area contributed by atoms with Crippen molar-refractivity contribution < 1.29 is 14.3 Å². The van der Waals surface area contributed by atoms with Crippen molar-refractivity contribution in [1.29, 1.82) is 0 Å². The Morgan fingerprint density at radius 3 is 2.92 bits per heavy atom. The van der Waals surface area contributed by atoms with Gasteiger partial charge in [-0.1, -0.05) is 0 Å². The summed E-state index contributed by atoms with van der Waals surface area (Å²) in [5, 5.41) is 10.8. The monoisotopic (exact) mass is 344 g/mol. The van der Waals surface area contributed by atoms with E-state index in [0.29, 0.717) is 13.1 Å². The van der Waals surface area contributed by atoms with E-state index in [0.717, 1.165) is 29.4 Å². The number of aromatic amines is 1. The Morgan fingerprint density at radius 2 is 2.16 bits per heavy atom. The van der Waals surface area contributed by atoms with Crippen LogP contribution in [0.3, 0.4) is 0 Å². The van der Waals surface area contributed by atoms with Gasteiger partial charge in [-0.2, -0.15) is 5.10 Å². The van der Waals surface area contributed by atoms with E-state index in [1.54, 1.807) is 11.1 Å². The average molecular weight is 344 g/mol. The highest BCUT2D eigenvalue weighted by Crippen LogP contribution is 2.22. The lowest BCUT2D eigenvalue weighted by atomic mass is 9.97. The molecule has 1 aliphatic rings. The highest BCUT2D eigenvalue weighted by Gasteiger charge is 2.31. The molecule has 0 radical (unpaired) electrons. The Morgan fingerprint density at radius 1 is 1.36 bits per heavy atom. The molecular formula is C18H24N4O3. The van der Waals surface area contributed by atoms with Gasteiger partial charge in [0.25, 0.3) is 0 Å². The Hall–Kier alpha value is -2.57. The number of likely N-dealkylation sites (tertiary alicyclic amines) is 1. The zero-order valence-corrected chi connectivity index (χ0v) is 14.8. The van der Waals surface area contributed by atoms with Gasteiger partial charge >= 0.3 is 6.09 Å². The number of carbonyl (C=O) groups excluding carboxylic acids is 2. The average Bonchev–Trinajstić information content (AvgIpc) is 3.01. The number of H-pyrrole nitrogens is 1. The van der Waals surface area contributed by atoms with Crippen molar-refractivity contribution in [2.75, 3.05) is 18.4 Å². The van der Waals surface area contributed by atoms with Gasteiger partial charge in [-0.15, -0.1) is 0 Å². The van der Waals surface area contributed by atoms with Gasteiger partial charge in [0, 0.05) is 24.2 Å². The zero-order valence-electron chi connectivity index (χ0n) is 14.8. The summed E-state index contributed by atoms with van der Waals surface area (Å²) in [5.41, 5.74) is 1.05. The third-order valence-corrected chi connectivity index (χ3v) is 4.15. The van der Waals surface area contributed by atoms with Crippen LogP contribution in [0, 0.1) is 5.92 Å². The number of hydrogen-bond acceptors (Lipinski definition) is 4. The van der Waals surface area contributed by atoms with E-state index in [1.165, 1.54) is 0 Å². The second-order valence-electron chi connectivity index (χ2n) is 7.43. The summed E-state index contributed by atoms with van der Waals surface area (Å²) in [6, 6.07) is 5.61. The molecule has 1 aromatic heterocycles. The molecule has 134 valence electrons. The summed E-state index contributed by atoms with van der Waals surface area (Å²) >= 11 is 0. The number of ether oxygens (including phenoxy) is 1. The number of aromatic nitrogens is 2. The second-order valence-corrected chi connectivity index (χ2v) is 7.43. The van der Waals surface area contributed by atoms with E-state index in [2.05, 4.69) is 15.5 Å². The number of fused-ring (bicyclic) bond motifs is 1. The molecule has 0 bridgehead atoms. The number of hydrogen-bond donors (Lipinski definition) is 2. The van der Waals surface area contributed by atoms with Gasteiger partial charge in [0.15, 0.2) is 0 Å². The number of nitrogens with zero attached hydrogens (tertiary/aromatic N) is 2. The van der Waals surface area contributed by atoms with Gasteiger partial charge in [-0.25, -0.2) is 4.79 Å². The molecule has 1 fully saturated rings. The first kappa shape index (κ1) is 17.3. The lowest BCUT2D eigenvalue weighted by Gasteiger charge is -2.33. The third kappa shape index (κ3) is 4.29. The summed E-state index contributed by atoms with van der Waals surface area (Å²) in [7, 11) is 0. The lowest BCUT2D eigenvalue weighted by Crippen LogP contribution is -2.45. The Labute approximate surface area is 146 Å². The SMILES string of the molecule is CC(C)(C)OC(=O)N1CCCC(C(=O)Nc2ccc3cn[nH]c3c2)C1. The second kappa shape index (κ2) is 6.74. The molecule has 7 heteroatoms. The molecule has 1 saturated heterocycles.